The van der Waals surface area contributed by atoms with Crippen molar-refractivity contribution in [2.75, 3.05) is 43.5 Å². The van der Waals surface area contributed by atoms with E-state index in [4.69, 9.17) is 15.0 Å². The van der Waals surface area contributed by atoms with Gasteiger partial charge in [-0.25, -0.2) is 4.79 Å². The second-order valence-electron chi connectivity index (χ2n) is 8.84. The molecular weight excluding hydrogens is 450 g/mol. The van der Waals surface area contributed by atoms with Gasteiger partial charge in [0, 0.05) is 42.8 Å². The highest BCUT2D eigenvalue weighted by molar-refractivity contribution is 5.99. The number of rotatable bonds is 4. The van der Waals surface area contributed by atoms with Crippen molar-refractivity contribution in [3.63, 3.8) is 0 Å². The largest absolute Gasteiger partial charge is 0.494 e. The number of aromatic nitrogens is 1. The maximum Gasteiger partial charge on any atom is 0.321 e. The van der Waals surface area contributed by atoms with Crippen LogP contribution in [0.15, 0.2) is 72.9 Å². The molecule has 7 nitrogen and oxygen atoms in total. The van der Waals surface area contributed by atoms with E-state index in [1.807, 2.05) is 84.8 Å². The molecule has 1 saturated heterocycles. The monoisotopic (exact) mass is 477 g/mol. The minimum atomic E-state index is -0.0871. The van der Waals surface area contributed by atoms with Crippen LogP contribution in [-0.4, -0.2) is 49.2 Å². The van der Waals surface area contributed by atoms with Gasteiger partial charge in [-0.1, -0.05) is 36.4 Å². The van der Waals surface area contributed by atoms with Crippen molar-refractivity contribution < 1.29 is 9.53 Å². The third-order valence-corrected chi connectivity index (χ3v) is 6.54. The molecule has 0 atom stereocenters. The van der Waals surface area contributed by atoms with Gasteiger partial charge in [0.15, 0.2) is 5.75 Å². The SMILES string of the molecule is COc1c(N2CCN(C(=O)Nc3cccc(C)c3)CC2)cnc2c(-c3ccc(C#N)cc3)cccc12. The highest BCUT2D eigenvalue weighted by Gasteiger charge is 2.25. The number of anilines is 2. The molecule has 1 aliphatic heterocycles. The number of piperazine rings is 1. The Balaban J connectivity index is 1.36. The molecule has 2 heterocycles. The Morgan fingerprint density at radius 1 is 1.03 bits per heavy atom. The summed E-state index contributed by atoms with van der Waals surface area (Å²) in [6.07, 6.45) is 1.86. The summed E-state index contributed by atoms with van der Waals surface area (Å²) in [6, 6.07) is 23.4. The molecule has 0 unspecified atom stereocenters. The number of nitrogens with one attached hydrogen (secondary N) is 1. The summed E-state index contributed by atoms with van der Waals surface area (Å²) in [5.41, 5.74) is 6.28. The number of carbonyl (C=O) groups is 1. The van der Waals surface area contributed by atoms with E-state index in [1.165, 1.54) is 0 Å². The zero-order valence-electron chi connectivity index (χ0n) is 20.4. The lowest BCUT2D eigenvalue weighted by Crippen LogP contribution is -2.50. The first-order chi connectivity index (χ1) is 17.6. The fourth-order valence-electron chi connectivity index (χ4n) is 4.66. The minimum absolute atomic E-state index is 0.0871. The van der Waals surface area contributed by atoms with Crippen molar-refractivity contribution in [2.24, 2.45) is 0 Å². The normalized spacial score (nSPS) is 13.4. The van der Waals surface area contributed by atoms with E-state index in [0.29, 0.717) is 31.7 Å². The van der Waals surface area contributed by atoms with Crippen molar-refractivity contribution in [3.8, 4) is 22.9 Å². The van der Waals surface area contributed by atoms with Crippen LogP contribution in [0.4, 0.5) is 16.2 Å². The number of fused-ring (bicyclic) bond motifs is 1. The highest BCUT2D eigenvalue weighted by Crippen LogP contribution is 2.38. The summed E-state index contributed by atoms with van der Waals surface area (Å²) >= 11 is 0. The number of carbonyl (C=O) groups excluding carboxylic acids is 1. The van der Waals surface area contributed by atoms with Gasteiger partial charge in [0.1, 0.15) is 0 Å². The standard InChI is InChI=1S/C29H27N5O2/c1-20-5-3-6-23(17-20)32-29(35)34-15-13-33(14-16-34)26-19-31-27-24(7-4-8-25(27)28(26)36-2)22-11-9-21(18-30)10-12-22/h3-12,17,19H,13-16H2,1-2H3,(H,32,35). The number of hydrogen-bond acceptors (Lipinski definition) is 5. The first-order valence-electron chi connectivity index (χ1n) is 11.9. The zero-order valence-corrected chi connectivity index (χ0v) is 20.4. The quantitative estimate of drug-likeness (QED) is 0.423. The molecule has 3 aromatic carbocycles. The summed E-state index contributed by atoms with van der Waals surface area (Å²) < 4.78 is 5.89. The molecule has 2 amide bonds. The Labute approximate surface area is 210 Å². The van der Waals surface area contributed by atoms with Gasteiger partial charge in [0.2, 0.25) is 0 Å². The van der Waals surface area contributed by atoms with Crippen molar-refractivity contribution >= 4 is 28.3 Å². The zero-order chi connectivity index (χ0) is 25.1. The molecule has 1 fully saturated rings. The van der Waals surface area contributed by atoms with E-state index >= 15 is 0 Å². The summed E-state index contributed by atoms with van der Waals surface area (Å²) in [5, 5.41) is 13.0. The molecule has 4 aromatic rings. The number of nitrogens with zero attached hydrogens (tertiary/aromatic N) is 4. The van der Waals surface area contributed by atoms with Crippen LogP contribution < -0.4 is 15.0 Å². The van der Waals surface area contributed by atoms with Gasteiger partial charge < -0.3 is 19.9 Å². The topological polar surface area (TPSA) is 81.5 Å². The smallest absolute Gasteiger partial charge is 0.321 e. The van der Waals surface area contributed by atoms with Crippen LogP contribution in [0, 0.1) is 18.3 Å². The van der Waals surface area contributed by atoms with Gasteiger partial charge in [0.05, 0.1) is 36.1 Å². The van der Waals surface area contributed by atoms with E-state index in [0.717, 1.165) is 44.7 Å². The van der Waals surface area contributed by atoms with E-state index in [9.17, 15) is 4.79 Å². The van der Waals surface area contributed by atoms with Crippen LogP contribution in [-0.2, 0) is 0 Å². The Morgan fingerprint density at radius 2 is 1.78 bits per heavy atom. The number of pyridine rings is 1. The van der Waals surface area contributed by atoms with Crippen LogP contribution in [0.3, 0.4) is 0 Å². The number of ether oxygens (including phenoxy) is 1. The molecule has 5 rings (SSSR count). The number of urea groups is 1. The first kappa shape index (κ1) is 23.2. The van der Waals surface area contributed by atoms with Gasteiger partial charge >= 0.3 is 6.03 Å². The Morgan fingerprint density at radius 3 is 2.47 bits per heavy atom. The van der Waals surface area contributed by atoms with Gasteiger partial charge in [-0.15, -0.1) is 0 Å². The average Bonchev–Trinajstić information content (AvgIpc) is 2.92. The van der Waals surface area contributed by atoms with Gasteiger partial charge in [-0.3, -0.25) is 4.98 Å². The van der Waals surface area contributed by atoms with Gasteiger partial charge in [0.25, 0.3) is 0 Å². The summed E-state index contributed by atoms with van der Waals surface area (Å²) in [6.45, 7) is 4.57. The number of nitriles is 1. The predicted molar refractivity (Wildman–Crippen MR) is 142 cm³/mol. The molecule has 0 saturated carbocycles. The highest BCUT2D eigenvalue weighted by atomic mass is 16.5. The molecule has 0 aliphatic carbocycles. The Bertz CT molecular complexity index is 1450. The van der Waals surface area contributed by atoms with Gasteiger partial charge in [-0.2, -0.15) is 5.26 Å². The van der Waals surface area contributed by atoms with E-state index in [2.05, 4.69) is 16.3 Å². The van der Waals surface area contributed by atoms with Crippen molar-refractivity contribution in [3.05, 3.63) is 84.1 Å². The van der Waals surface area contributed by atoms with E-state index < -0.39 is 0 Å². The van der Waals surface area contributed by atoms with Crippen molar-refractivity contribution in [1.29, 1.82) is 5.26 Å². The summed E-state index contributed by atoms with van der Waals surface area (Å²) in [7, 11) is 1.68. The number of para-hydroxylation sites is 1. The molecule has 0 spiro atoms. The average molecular weight is 478 g/mol. The minimum Gasteiger partial charge on any atom is -0.494 e. The second kappa shape index (κ2) is 9.96. The van der Waals surface area contributed by atoms with Gasteiger partial charge in [-0.05, 0) is 48.4 Å². The number of methoxy groups -OCH3 is 1. The molecular formula is C29H27N5O2. The molecule has 1 aromatic heterocycles. The van der Waals surface area contributed by atoms with Crippen LogP contribution >= 0.6 is 0 Å². The third-order valence-electron chi connectivity index (χ3n) is 6.54. The van der Waals surface area contributed by atoms with Crippen LogP contribution in [0.5, 0.6) is 5.75 Å². The van der Waals surface area contributed by atoms with E-state index in [-0.39, 0.29) is 6.03 Å². The number of benzene rings is 3. The molecule has 1 aliphatic rings. The Hall–Kier alpha value is -4.57. The molecule has 180 valence electrons. The molecule has 0 bridgehead atoms. The summed E-state index contributed by atoms with van der Waals surface area (Å²) in [5.74, 6) is 0.771. The van der Waals surface area contributed by atoms with Crippen molar-refractivity contribution in [1.82, 2.24) is 9.88 Å². The number of hydrogen-bond donors (Lipinski definition) is 1. The number of amides is 2. The maximum absolute atomic E-state index is 12.8. The van der Waals surface area contributed by atoms with E-state index in [1.54, 1.807) is 7.11 Å². The lowest BCUT2D eigenvalue weighted by Gasteiger charge is -2.36. The van der Waals surface area contributed by atoms with Crippen molar-refractivity contribution in [2.45, 2.75) is 6.92 Å². The summed E-state index contributed by atoms with van der Waals surface area (Å²) in [4.78, 5) is 21.7. The fraction of sp³-hybridized carbons (Fsp3) is 0.207. The lowest BCUT2D eigenvalue weighted by atomic mass is 10.00. The maximum atomic E-state index is 12.8. The predicted octanol–water partition coefficient (Wildman–Crippen LogP) is 5.44. The van der Waals surface area contributed by atoms with Crippen LogP contribution in [0.25, 0.3) is 22.0 Å². The molecule has 1 N–H and O–H groups in total. The Kier molecular flexibility index (Phi) is 6.42. The van der Waals surface area contributed by atoms with Crippen LogP contribution in [0.1, 0.15) is 11.1 Å². The molecule has 0 radical (unpaired) electrons. The first-order valence-corrected chi connectivity index (χ1v) is 11.9. The lowest BCUT2D eigenvalue weighted by molar-refractivity contribution is 0.208. The molecule has 36 heavy (non-hydrogen) atoms. The third kappa shape index (κ3) is 4.53. The number of aryl methyl sites for hydroxylation is 1. The van der Waals surface area contributed by atoms with Crippen LogP contribution in [0.2, 0.25) is 0 Å². The second-order valence-corrected chi connectivity index (χ2v) is 8.84. The fourth-order valence-corrected chi connectivity index (χ4v) is 4.66. The molecule has 7 heteroatoms.